The molecule has 0 heterocycles. The fraction of sp³-hybridized carbons (Fsp3) is 0.462. The van der Waals surface area contributed by atoms with E-state index in [2.05, 4.69) is 51.1 Å². The predicted molar refractivity (Wildman–Crippen MR) is 129 cm³/mol. The number of hydrogen-bond acceptors (Lipinski definition) is 2. The molecule has 1 nitrogen and oxygen atoms in total. The summed E-state index contributed by atoms with van der Waals surface area (Å²) in [5, 5.41) is 2.07. The van der Waals surface area contributed by atoms with Crippen LogP contribution in [-0.4, -0.2) is 10.4 Å². The van der Waals surface area contributed by atoms with Crippen LogP contribution in [0.5, 0.6) is 0 Å². The predicted octanol–water partition coefficient (Wildman–Crippen LogP) is 6.99. The minimum absolute atomic E-state index is 0.225. The number of rotatable bonds is 4. The molecule has 154 valence electrons. The highest BCUT2D eigenvalue weighted by atomic mass is 32.2. The molecule has 0 aromatic heterocycles. The lowest BCUT2D eigenvalue weighted by atomic mass is 9.93. The number of fused-ring (bicyclic) bond motifs is 1. The van der Waals surface area contributed by atoms with Crippen LogP contribution in [0.3, 0.4) is 0 Å². The summed E-state index contributed by atoms with van der Waals surface area (Å²) >= 11 is 2.02. The minimum Gasteiger partial charge on any atom is -0.313 e. The van der Waals surface area contributed by atoms with Crippen LogP contribution in [0, 0.1) is 11.8 Å². The van der Waals surface area contributed by atoms with E-state index in [1.54, 1.807) is 0 Å². The molecule has 0 aliphatic heterocycles. The molecule has 2 aliphatic carbocycles. The molecule has 0 unspecified atom stereocenters. The molecule has 0 radical (unpaired) electrons. The second-order valence-electron chi connectivity index (χ2n) is 9.54. The van der Waals surface area contributed by atoms with E-state index in [0.29, 0.717) is 11.8 Å². The smallest absolute Gasteiger partial charge is 0.146 e. The third-order valence-electron chi connectivity index (χ3n) is 6.39. The maximum atomic E-state index is 15.0. The van der Waals surface area contributed by atoms with E-state index in [0.717, 1.165) is 23.5 Å². The van der Waals surface area contributed by atoms with Crippen LogP contribution in [0.1, 0.15) is 52.9 Å². The van der Waals surface area contributed by atoms with Gasteiger partial charge in [0.2, 0.25) is 0 Å². The molecule has 0 saturated heterocycles. The Morgan fingerprint density at radius 2 is 1.45 bits per heavy atom. The first-order valence-corrected chi connectivity index (χ1v) is 13.6. The highest BCUT2D eigenvalue weighted by Crippen LogP contribution is 2.59. The van der Waals surface area contributed by atoms with Crippen molar-refractivity contribution in [2.75, 3.05) is 0 Å². The van der Waals surface area contributed by atoms with E-state index >= 15 is 4.57 Å². The Labute approximate surface area is 180 Å². The zero-order valence-electron chi connectivity index (χ0n) is 17.9. The van der Waals surface area contributed by atoms with E-state index in [1.807, 2.05) is 48.2 Å². The van der Waals surface area contributed by atoms with Crippen molar-refractivity contribution in [1.82, 2.24) is 0 Å². The van der Waals surface area contributed by atoms with Crippen LogP contribution in [0.4, 0.5) is 0 Å². The van der Waals surface area contributed by atoms with Gasteiger partial charge in [-0.25, -0.2) is 0 Å². The monoisotopic (exact) mass is 424 g/mol. The van der Waals surface area contributed by atoms with Gasteiger partial charge in [-0.3, -0.25) is 0 Å². The second-order valence-corrected chi connectivity index (χ2v) is 14.5. The molecule has 2 aromatic rings. The van der Waals surface area contributed by atoms with E-state index in [-0.39, 0.29) is 10.4 Å². The van der Waals surface area contributed by atoms with Crippen LogP contribution in [-0.2, 0) is 4.57 Å². The average molecular weight is 425 g/mol. The number of thioether (sulfide) groups is 1. The molecular formula is C26H33OPS. The highest BCUT2D eigenvalue weighted by molar-refractivity contribution is 8.04. The van der Waals surface area contributed by atoms with Gasteiger partial charge in [-0.1, -0.05) is 93.9 Å². The Morgan fingerprint density at radius 3 is 2.00 bits per heavy atom. The Morgan fingerprint density at radius 1 is 0.862 bits per heavy atom. The van der Waals surface area contributed by atoms with Gasteiger partial charge in [0, 0.05) is 21.0 Å². The van der Waals surface area contributed by atoms with E-state index in [9.17, 15) is 0 Å². The first kappa shape index (κ1) is 21.0. The largest absolute Gasteiger partial charge is 0.313 e. The summed E-state index contributed by atoms with van der Waals surface area (Å²) in [5.41, 5.74) is 0.231. The molecule has 4 rings (SSSR count). The molecule has 1 saturated carbocycles. The summed E-state index contributed by atoms with van der Waals surface area (Å²) in [6.07, 6.45) is 8.37. The molecular weight excluding hydrogens is 391 g/mol. The molecule has 1 fully saturated rings. The maximum Gasteiger partial charge on any atom is 0.146 e. The van der Waals surface area contributed by atoms with E-state index in [4.69, 9.17) is 0 Å². The molecule has 0 N–H and O–H groups in total. The molecule has 2 aromatic carbocycles. The third kappa shape index (κ3) is 4.44. The van der Waals surface area contributed by atoms with Crippen molar-refractivity contribution in [2.45, 2.75) is 63.3 Å². The first-order valence-electron chi connectivity index (χ1n) is 11.0. The van der Waals surface area contributed by atoms with Crippen molar-refractivity contribution in [3.8, 4) is 0 Å². The van der Waals surface area contributed by atoms with Gasteiger partial charge in [-0.05, 0) is 42.4 Å². The summed E-state index contributed by atoms with van der Waals surface area (Å²) in [6, 6.07) is 20.6. The second kappa shape index (κ2) is 8.48. The van der Waals surface area contributed by atoms with Gasteiger partial charge in [0.05, 0.1) is 0 Å². The Hall–Kier alpha value is -1.24. The third-order valence-corrected chi connectivity index (χ3v) is 11.3. The highest BCUT2D eigenvalue weighted by Gasteiger charge is 2.46. The van der Waals surface area contributed by atoms with Crippen molar-refractivity contribution >= 4 is 29.5 Å². The van der Waals surface area contributed by atoms with Crippen LogP contribution >= 0.6 is 18.9 Å². The summed E-state index contributed by atoms with van der Waals surface area (Å²) in [7, 11) is -2.72. The Balaban J connectivity index is 1.77. The van der Waals surface area contributed by atoms with Gasteiger partial charge in [0.15, 0.2) is 0 Å². The van der Waals surface area contributed by atoms with Crippen LogP contribution < -0.4 is 10.6 Å². The molecule has 3 heteroatoms. The quantitative estimate of drug-likeness (QED) is 0.492. The van der Waals surface area contributed by atoms with Gasteiger partial charge in [0.25, 0.3) is 0 Å². The van der Waals surface area contributed by atoms with Crippen molar-refractivity contribution in [3.05, 3.63) is 71.6 Å². The SMILES string of the molecule is CC(C)(C)SC1=C[C@@H]2CCC[C@H]2[C@H](P(=O)(c2ccccc2)c2ccccc2)CC1. The van der Waals surface area contributed by atoms with Gasteiger partial charge < -0.3 is 4.57 Å². The van der Waals surface area contributed by atoms with Crippen molar-refractivity contribution in [1.29, 1.82) is 0 Å². The summed E-state index contributed by atoms with van der Waals surface area (Å²) < 4.78 is 15.3. The topological polar surface area (TPSA) is 17.1 Å². The van der Waals surface area contributed by atoms with E-state index < -0.39 is 7.14 Å². The normalized spacial score (nSPS) is 25.2. The summed E-state index contributed by atoms with van der Waals surface area (Å²) in [6.45, 7) is 6.89. The van der Waals surface area contributed by atoms with Gasteiger partial charge in [0.1, 0.15) is 7.14 Å². The van der Waals surface area contributed by atoms with Gasteiger partial charge in [-0.15, -0.1) is 11.8 Å². The fourth-order valence-electron chi connectivity index (χ4n) is 5.29. The number of hydrogen-bond donors (Lipinski definition) is 0. The lowest BCUT2D eigenvalue weighted by Crippen LogP contribution is -2.32. The summed E-state index contributed by atoms with van der Waals surface area (Å²) in [4.78, 5) is 1.52. The zero-order chi connectivity index (χ0) is 20.5. The van der Waals surface area contributed by atoms with Gasteiger partial charge >= 0.3 is 0 Å². The van der Waals surface area contributed by atoms with Crippen LogP contribution in [0.15, 0.2) is 71.6 Å². The zero-order valence-corrected chi connectivity index (χ0v) is 19.6. The molecule has 0 amide bonds. The molecule has 29 heavy (non-hydrogen) atoms. The Bertz CT molecular complexity index is 854. The molecule has 3 atom stereocenters. The molecule has 0 spiro atoms. The molecule has 0 bridgehead atoms. The molecule has 2 aliphatic rings. The van der Waals surface area contributed by atoms with Gasteiger partial charge in [-0.2, -0.15) is 0 Å². The standard InChI is InChI=1S/C26H33OPS/c1-26(2,3)29-23-17-18-25(24-16-10-11-20(24)19-23)28(27,21-12-6-4-7-13-21)22-14-8-5-9-15-22/h4-9,12-15,19-20,24-25H,10-11,16-18H2,1-3H3/t20-,24+,25+/m0/s1. The van der Waals surface area contributed by atoms with Crippen molar-refractivity contribution in [3.63, 3.8) is 0 Å². The first-order chi connectivity index (χ1) is 13.9. The summed E-state index contributed by atoms with van der Waals surface area (Å²) in [5.74, 6) is 1.10. The van der Waals surface area contributed by atoms with Crippen LogP contribution in [0.2, 0.25) is 0 Å². The van der Waals surface area contributed by atoms with Crippen molar-refractivity contribution in [2.24, 2.45) is 11.8 Å². The number of benzene rings is 2. The van der Waals surface area contributed by atoms with Crippen molar-refractivity contribution < 1.29 is 4.57 Å². The van der Waals surface area contributed by atoms with E-state index in [1.165, 1.54) is 24.2 Å². The average Bonchev–Trinajstić information content (AvgIpc) is 3.08. The fourth-order valence-corrected chi connectivity index (χ4v) is 10.2. The minimum atomic E-state index is -2.72. The van der Waals surface area contributed by atoms with Crippen LogP contribution in [0.25, 0.3) is 0 Å². The lowest BCUT2D eigenvalue weighted by Gasteiger charge is -2.34. The Kier molecular flexibility index (Phi) is 6.14. The maximum absolute atomic E-state index is 15.0. The lowest BCUT2D eigenvalue weighted by molar-refractivity contribution is 0.422. The number of allylic oxidation sites excluding steroid dienone is 2.